The third-order valence-electron chi connectivity index (χ3n) is 3.11. The van der Waals surface area contributed by atoms with Gasteiger partial charge in [-0.05, 0) is 30.9 Å². The minimum atomic E-state index is 0.178. The van der Waals surface area contributed by atoms with Crippen LogP contribution in [-0.2, 0) is 0 Å². The molecule has 0 bridgehead atoms. The lowest BCUT2D eigenvalue weighted by Gasteiger charge is -2.16. The molecule has 2 nitrogen and oxygen atoms in total. The van der Waals surface area contributed by atoms with Crippen LogP contribution in [0.3, 0.4) is 0 Å². The van der Waals surface area contributed by atoms with E-state index in [1.165, 1.54) is 6.42 Å². The van der Waals surface area contributed by atoms with Gasteiger partial charge in [-0.15, -0.1) is 0 Å². The molecule has 1 saturated heterocycles. The van der Waals surface area contributed by atoms with Crippen molar-refractivity contribution in [2.24, 2.45) is 5.92 Å². The maximum absolute atomic E-state index is 12.1. The standard InChI is InChI=1S/C13H16BrNO/c14-8-6-11-7-9-15(10-11)13(16)12-4-2-1-3-5-12/h1-5,11H,6-10H2. The summed E-state index contributed by atoms with van der Waals surface area (Å²) in [5.41, 5.74) is 0.807. The Hall–Kier alpha value is -0.830. The Bertz CT molecular complexity index is 352. The van der Waals surface area contributed by atoms with Crippen molar-refractivity contribution in [3.63, 3.8) is 0 Å². The van der Waals surface area contributed by atoms with Gasteiger partial charge in [0, 0.05) is 24.0 Å². The molecule has 1 unspecified atom stereocenters. The number of alkyl halides is 1. The third-order valence-corrected chi connectivity index (χ3v) is 3.57. The number of likely N-dealkylation sites (tertiary alicyclic amines) is 1. The molecule has 0 radical (unpaired) electrons. The molecular formula is C13H16BrNO. The van der Waals surface area contributed by atoms with Gasteiger partial charge in [0.25, 0.3) is 5.91 Å². The lowest BCUT2D eigenvalue weighted by Crippen LogP contribution is -2.28. The molecule has 1 fully saturated rings. The molecule has 0 aromatic heterocycles. The van der Waals surface area contributed by atoms with Gasteiger partial charge in [-0.3, -0.25) is 4.79 Å². The van der Waals surface area contributed by atoms with Crippen LogP contribution in [0, 0.1) is 5.92 Å². The Morgan fingerprint density at radius 1 is 1.38 bits per heavy atom. The number of rotatable bonds is 3. The number of hydrogen-bond acceptors (Lipinski definition) is 1. The molecule has 0 N–H and O–H groups in total. The number of halogens is 1. The van der Waals surface area contributed by atoms with Crippen molar-refractivity contribution in [1.82, 2.24) is 4.90 Å². The zero-order chi connectivity index (χ0) is 11.4. The summed E-state index contributed by atoms with van der Waals surface area (Å²) in [5.74, 6) is 0.852. The fourth-order valence-corrected chi connectivity index (χ4v) is 2.82. The molecule has 16 heavy (non-hydrogen) atoms. The summed E-state index contributed by atoms with van der Waals surface area (Å²) in [4.78, 5) is 14.1. The summed E-state index contributed by atoms with van der Waals surface area (Å²) in [5, 5.41) is 1.03. The molecule has 86 valence electrons. The lowest BCUT2D eigenvalue weighted by molar-refractivity contribution is 0.0787. The number of carbonyl (C=O) groups is 1. The van der Waals surface area contributed by atoms with Crippen molar-refractivity contribution in [2.45, 2.75) is 12.8 Å². The van der Waals surface area contributed by atoms with E-state index in [9.17, 15) is 4.79 Å². The van der Waals surface area contributed by atoms with Gasteiger partial charge in [0.15, 0.2) is 0 Å². The molecule has 1 heterocycles. The molecule has 1 aromatic carbocycles. The predicted octanol–water partition coefficient (Wildman–Crippen LogP) is 2.93. The van der Waals surface area contributed by atoms with E-state index in [-0.39, 0.29) is 5.91 Å². The van der Waals surface area contributed by atoms with Crippen LogP contribution in [0.5, 0.6) is 0 Å². The van der Waals surface area contributed by atoms with Crippen molar-refractivity contribution in [3.05, 3.63) is 35.9 Å². The Kier molecular flexibility index (Phi) is 3.99. The van der Waals surface area contributed by atoms with Gasteiger partial charge in [0.1, 0.15) is 0 Å². The van der Waals surface area contributed by atoms with Crippen LogP contribution in [-0.4, -0.2) is 29.2 Å². The normalized spacial score (nSPS) is 20.1. The minimum Gasteiger partial charge on any atom is -0.338 e. The van der Waals surface area contributed by atoms with Gasteiger partial charge in [-0.2, -0.15) is 0 Å². The molecule has 1 aliphatic heterocycles. The monoisotopic (exact) mass is 281 g/mol. The Balaban J connectivity index is 1.97. The molecule has 1 aromatic rings. The highest BCUT2D eigenvalue weighted by molar-refractivity contribution is 9.09. The summed E-state index contributed by atoms with van der Waals surface area (Å²) in [7, 11) is 0. The second-order valence-electron chi connectivity index (χ2n) is 4.25. The SMILES string of the molecule is O=C(c1ccccc1)N1CCC(CCBr)C1. The second-order valence-corrected chi connectivity index (χ2v) is 5.04. The Morgan fingerprint density at radius 2 is 2.12 bits per heavy atom. The zero-order valence-electron chi connectivity index (χ0n) is 9.23. The van der Waals surface area contributed by atoms with Crippen molar-refractivity contribution in [3.8, 4) is 0 Å². The first-order valence-corrected chi connectivity index (χ1v) is 6.83. The summed E-state index contributed by atoms with van der Waals surface area (Å²) < 4.78 is 0. The molecule has 3 heteroatoms. The fraction of sp³-hybridized carbons (Fsp3) is 0.462. The number of carbonyl (C=O) groups excluding carboxylic acids is 1. The average Bonchev–Trinajstić information content (AvgIpc) is 2.78. The molecule has 2 rings (SSSR count). The summed E-state index contributed by atoms with van der Waals surface area (Å²) in [6, 6.07) is 9.55. The predicted molar refractivity (Wildman–Crippen MR) is 68.9 cm³/mol. The van der Waals surface area contributed by atoms with E-state index in [2.05, 4.69) is 15.9 Å². The van der Waals surface area contributed by atoms with Crippen LogP contribution in [0.1, 0.15) is 23.2 Å². The van der Waals surface area contributed by atoms with E-state index >= 15 is 0 Å². The van der Waals surface area contributed by atoms with Gasteiger partial charge in [0.05, 0.1) is 0 Å². The average molecular weight is 282 g/mol. The maximum atomic E-state index is 12.1. The number of nitrogens with zero attached hydrogens (tertiary/aromatic N) is 1. The quantitative estimate of drug-likeness (QED) is 0.781. The van der Waals surface area contributed by atoms with Crippen LogP contribution in [0.25, 0.3) is 0 Å². The first-order valence-electron chi connectivity index (χ1n) is 5.71. The molecule has 0 spiro atoms. The number of benzene rings is 1. The first kappa shape index (κ1) is 11.6. The molecule has 1 amide bonds. The van der Waals surface area contributed by atoms with Gasteiger partial charge in [0.2, 0.25) is 0 Å². The van der Waals surface area contributed by atoms with Crippen molar-refractivity contribution in [1.29, 1.82) is 0 Å². The fourth-order valence-electron chi connectivity index (χ4n) is 2.17. The molecule has 0 aliphatic carbocycles. The van der Waals surface area contributed by atoms with E-state index in [0.29, 0.717) is 5.92 Å². The van der Waals surface area contributed by atoms with Gasteiger partial charge in [-0.25, -0.2) is 0 Å². The summed E-state index contributed by atoms with van der Waals surface area (Å²) in [6.45, 7) is 1.82. The van der Waals surface area contributed by atoms with Crippen LogP contribution < -0.4 is 0 Å². The highest BCUT2D eigenvalue weighted by atomic mass is 79.9. The van der Waals surface area contributed by atoms with Crippen molar-refractivity contribution < 1.29 is 4.79 Å². The van der Waals surface area contributed by atoms with Crippen LogP contribution >= 0.6 is 15.9 Å². The van der Waals surface area contributed by atoms with Crippen LogP contribution in [0.4, 0.5) is 0 Å². The third kappa shape index (κ3) is 2.64. The second kappa shape index (κ2) is 5.48. The van der Waals surface area contributed by atoms with Crippen molar-refractivity contribution in [2.75, 3.05) is 18.4 Å². The van der Waals surface area contributed by atoms with E-state index in [1.54, 1.807) is 0 Å². The van der Waals surface area contributed by atoms with E-state index in [0.717, 1.165) is 30.4 Å². The zero-order valence-corrected chi connectivity index (χ0v) is 10.8. The van der Waals surface area contributed by atoms with Gasteiger partial charge >= 0.3 is 0 Å². The Labute approximate surface area is 105 Å². The first-order chi connectivity index (χ1) is 7.81. The van der Waals surface area contributed by atoms with E-state index in [4.69, 9.17) is 0 Å². The molecular weight excluding hydrogens is 266 g/mol. The largest absolute Gasteiger partial charge is 0.338 e. The lowest BCUT2D eigenvalue weighted by atomic mass is 10.1. The summed E-state index contributed by atoms with van der Waals surface area (Å²) in [6.07, 6.45) is 2.31. The highest BCUT2D eigenvalue weighted by Gasteiger charge is 2.26. The molecule has 1 aliphatic rings. The van der Waals surface area contributed by atoms with Gasteiger partial charge in [-0.1, -0.05) is 34.1 Å². The summed E-state index contributed by atoms with van der Waals surface area (Å²) >= 11 is 3.46. The topological polar surface area (TPSA) is 20.3 Å². The maximum Gasteiger partial charge on any atom is 0.253 e. The van der Waals surface area contributed by atoms with E-state index < -0.39 is 0 Å². The highest BCUT2D eigenvalue weighted by Crippen LogP contribution is 2.21. The number of hydrogen-bond donors (Lipinski definition) is 0. The van der Waals surface area contributed by atoms with Gasteiger partial charge < -0.3 is 4.90 Å². The van der Waals surface area contributed by atoms with Crippen molar-refractivity contribution >= 4 is 21.8 Å². The smallest absolute Gasteiger partial charge is 0.253 e. The number of amides is 1. The van der Waals surface area contributed by atoms with Crippen LogP contribution in [0.2, 0.25) is 0 Å². The van der Waals surface area contributed by atoms with Crippen LogP contribution in [0.15, 0.2) is 30.3 Å². The van der Waals surface area contributed by atoms with E-state index in [1.807, 2.05) is 35.2 Å². The Morgan fingerprint density at radius 3 is 2.81 bits per heavy atom. The molecule has 1 atom stereocenters. The molecule has 0 saturated carbocycles. The minimum absolute atomic E-state index is 0.178.